The van der Waals surface area contributed by atoms with Crippen LogP contribution in [0.3, 0.4) is 0 Å². The van der Waals surface area contributed by atoms with E-state index in [-0.39, 0.29) is 0 Å². The van der Waals surface area contributed by atoms with Crippen LogP contribution in [0.1, 0.15) is 45.4 Å². The number of nitrogens with zero attached hydrogens (tertiary/aromatic N) is 1. The lowest BCUT2D eigenvalue weighted by atomic mass is 10.1. The minimum absolute atomic E-state index is 0.958. The zero-order valence-corrected chi connectivity index (χ0v) is 11.9. The maximum absolute atomic E-state index is 4.75. The molecule has 2 rings (SSSR count). The van der Waals surface area contributed by atoms with Crippen LogP contribution in [0.4, 0.5) is 5.69 Å². The minimum Gasteiger partial charge on any atom is -0.285 e. The van der Waals surface area contributed by atoms with Crippen molar-refractivity contribution >= 4 is 16.5 Å². The summed E-state index contributed by atoms with van der Waals surface area (Å²) in [6, 6.07) is 14.9. The van der Waals surface area contributed by atoms with Gasteiger partial charge < -0.3 is 0 Å². The Morgan fingerprint density at radius 3 is 2.42 bits per heavy atom. The Balaban J connectivity index is 1.78. The van der Waals surface area contributed by atoms with Crippen molar-refractivity contribution in [1.29, 1.82) is 0 Å². The SMILES string of the molecule is CCCCCCCC[N]c1cccc2ccccc12. The molecule has 2 aromatic carbocycles. The molecule has 0 spiro atoms. The van der Waals surface area contributed by atoms with Gasteiger partial charge in [0.05, 0.1) is 5.69 Å². The Hall–Kier alpha value is -1.50. The summed E-state index contributed by atoms with van der Waals surface area (Å²) in [5.74, 6) is 0. The van der Waals surface area contributed by atoms with Gasteiger partial charge in [0, 0.05) is 11.9 Å². The summed E-state index contributed by atoms with van der Waals surface area (Å²) in [7, 11) is 0. The third-order valence-electron chi connectivity index (χ3n) is 3.56. The van der Waals surface area contributed by atoms with Gasteiger partial charge in [-0.25, -0.2) is 0 Å². The van der Waals surface area contributed by atoms with Crippen molar-refractivity contribution in [3.8, 4) is 0 Å². The van der Waals surface area contributed by atoms with Crippen LogP contribution in [0, 0.1) is 0 Å². The molecule has 0 heterocycles. The molecule has 0 aromatic heterocycles. The maximum atomic E-state index is 4.75. The summed E-state index contributed by atoms with van der Waals surface area (Å²) in [5.41, 5.74) is 1.15. The molecule has 0 atom stereocenters. The molecule has 0 saturated heterocycles. The van der Waals surface area contributed by atoms with Crippen molar-refractivity contribution in [3.05, 3.63) is 42.5 Å². The van der Waals surface area contributed by atoms with E-state index in [4.69, 9.17) is 5.32 Å². The highest BCUT2D eigenvalue weighted by Crippen LogP contribution is 2.23. The largest absolute Gasteiger partial charge is 0.285 e. The van der Waals surface area contributed by atoms with Crippen LogP contribution in [-0.2, 0) is 0 Å². The van der Waals surface area contributed by atoms with E-state index in [0.717, 1.165) is 12.2 Å². The van der Waals surface area contributed by atoms with Gasteiger partial charge in [0.25, 0.3) is 0 Å². The first-order valence-electron chi connectivity index (χ1n) is 7.57. The second kappa shape index (κ2) is 7.83. The second-order valence-electron chi connectivity index (χ2n) is 5.15. The molecule has 0 saturated carbocycles. The van der Waals surface area contributed by atoms with Crippen LogP contribution >= 0.6 is 0 Å². The number of benzene rings is 2. The van der Waals surface area contributed by atoms with Crippen LogP contribution in [0.2, 0.25) is 0 Å². The fourth-order valence-electron chi connectivity index (χ4n) is 2.44. The summed E-state index contributed by atoms with van der Waals surface area (Å²) in [4.78, 5) is 0. The van der Waals surface area contributed by atoms with E-state index in [1.807, 2.05) is 0 Å². The molecular weight excluding hydrogens is 230 g/mol. The van der Waals surface area contributed by atoms with Crippen molar-refractivity contribution < 1.29 is 0 Å². The van der Waals surface area contributed by atoms with Crippen LogP contribution in [-0.4, -0.2) is 6.54 Å². The number of fused-ring (bicyclic) bond motifs is 1. The lowest BCUT2D eigenvalue weighted by Gasteiger charge is -2.07. The van der Waals surface area contributed by atoms with E-state index in [2.05, 4.69) is 49.4 Å². The first-order chi connectivity index (χ1) is 9.42. The zero-order valence-electron chi connectivity index (χ0n) is 11.9. The molecule has 1 radical (unpaired) electrons. The molecule has 101 valence electrons. The predicted octanol–water partition coefficient (Wildman–Crippen LogP) is 5.44. The Morgan fingerprint density at radius 2 is 1.53 bits per heavy atom. The van der Waals surface area contributed by atoms with Crippen LogP contribution in [0.15, 0.2) is 42.5 Å². The van der Waals surface area contributed by atoms with Crippen LogP contribution < -0.4 is 5.32 Å². The van der Waals surface area contributed by atoms with Crippen molar-refractivity contribution in [1.82, 2.24) is 5.32 Å². The Kier molecular flexibility index (Phi) is 5.74. The van der Waals surface area contributed by atoms with E-state index in [9.17, 15) is 0 Å². The molecule has 0 bridgehead atoms. The van der Waals surface area contributed by atoms with Crippen LogP contribution in [0.5, 0.6) is 0 Å². The third-order valence-corrected chi connectivity index (χ3v) is 3.56. The van der Waals surface area contributed by atoms with Gasteiger partial charge in [0.15, 0.2) is 0 Å². The monoisotopic (exact) mass is 254 g/mol. The average Bonchev–Trinajstić information content (AvgIpc) is 2.46. The molecule has 0 amide bonds. The number of rotatable bonds is 8. The van der Waals surface area contributed by atoms with Crippen molar-refractivity contribution in [2.45, 2.75) is 45.4 Å². The quantitative estimate of drug-likeness (QED) is 0.557. The van der Waals surface area contributed by atoms with Crippen molar-refractivity contribution in [3.63, 3.8) is 0 Å². The molecule has 1 nitrogen and oxygen atoms in total. The first kappa shape index (κ1) is 13.9. The summed E-state index contributed by atoms with van der Waals surface area (Å²) in [6.07, 6.45) is 7.96. The summed E-state index contributed by atoms with van der Waals surface area (Å²) >= 11 is 0. The molecule has 0 aliphatic rings. The highest BCUT2D eigenvalue weighted by atomic mass is 14.9. The smallest absolute Gasteiger partial charge is 0.0652 e. The highest BCUT2D eigenvalue weighted by Gasteiger charge is 2.00. The molecule has 1 heteroatoms. The lowest BCUT2D eigenvalue weighted by Crippen LogP contribution is -2.00. The molecule has 0 unspecified atom stereocenters. The molecule has 0 aliphatic carbocycles. The third kappa shape index (κ3) is 4.27. The van der Waals surface area contributed by atoms with Gasteiger partial charge in [-0.05, 0) is 17.9 Å². The summed E-state index contributed by atoms with van der Waals surface area (Å²) in [5, 5.41) is 7.31. The van der Waals surface area contributed by atoms with Crippen molar-refractivity contribution in [2.24, 2.45) is 0 Å². The normalized spacial score (nSPS) is 10.8. The van der Waals surface area contributed by atoms with Gasteiger partial charge in [-0.1, -0.05) is 75.4 Å². The van der Waals surface area contributed by atoms with Gasteiger partial charge in [-0.2, -0.15) is 0 Å². The second-order valence-corrected chi connectivity index (χ2v) is 5.15. The number of hydrogen-bond acceptors (Lipinski definition) is 0. The Labute approximate surface area is 117 Å². The first-order valence-corrected chi connectivity index (χ1v) is 7.57. The summed E-state index contributed by atoms with van der Waals surface area (Å²) < 4.78 is 0. The van der Waals surface area contributed by atoms with Gasteiger partial charge in [0.2, 0.25) is 0 Å². The van der Waals surface area contributed by atoms with Crippen molar-refractivity contribution in [2.75, 3.05) is 6.54 Å². The van der Waals surface area contributed by atoms with E-state index in [0.29, 0.717) is 0 Å². The van der Waals surface area contributed by atoms with Gasteiger partial charge >= 0.3 is 0 Å². The Bertz CT molecular complexity index is 485. The highest BCUT2D eigenvalue weighted by molar-refractivity contribution is 5.92. The molecular formula is C18H24N. The predicted molar refractivity (Wildman–Crippen MR) is 84.0 cm³/mol. The number of unbranched alkanes of at least 4 members (excludes halogenated alkanes) is 5. The Morgan fingerprint density at radius 1 is 0.789 bits per heavy atom. The molecule has 19 heavy (non-hydrogen) atoms. The molecule has 0 N–H and O–H groups in total. The average molecular weight is 254 g/mol. The molecule has 2 aromatic rings. The molecule has 0 aliphatic heterocycles. The standard InChI is InChI=1S/C18H24N/c1-2-3-4-5-6-9-15-19-18-14-10-12-16-11-7-8-13-17(16)18/h7-8,10-14H,2-6,9,15H2,1H3. The van der Waals surface area contributed by atoms with E-state index >= 15 is 0 Å². The van der Waals surface area contributed by atoms with E-state index in [1.54, 1.807) is 0 Å². The topological polar surface area (TPSA) is 14.1 Å². The fourth-order valence-corrected chi connectivity index (χ4v) is 2.44. The lowest BCUT2D eigenvalue weighted by molar-refractivity contribution is 0.598. The van der Waals surface area contributed by atoms with Crippen LogP contribution in [0.25, 0.3) is 10.8 Å². The van der Waals surface area contributed by atoms with Gasteiger partial charge in [-0.15, -0.1) is 0 Å². The van der Waals surface area contributed by atoms with Gasteiger partial charge in [-0.3, -0.25) is 5.32 Å². The minimum atomic E-state index is 0.958. The molecule has 0 fully saturated rings. The van der Waals surface area contributed by atoms with E-state index in [1.165, 1.54) is 49.3 Å². The fraction of sp³-hybridized carbons (Fsp3) is 0.444. The van der Waals surface area contributed by atoms with Gasteiger partial charge in [0.1, 0.15) is 0 Å². The van der Waals surface area contributed by atoms with E-state index < -0.39 is 0 Å². The maximum Gasteiger partial charge on any atom is 0.0652 e. The zero-order chi connectivity index (χ0) is 13.3. The number of hydrogen-bond donors (Lipinski definition) is 0. The summed E-state index contributed by atoms with van der Waals surface area (Å²) in [6.45, 7) is 3.22.